The molecule has 0 atom stereocenters. The summed E-state index contributed by atoms with van der Waals surface area (Å²) in [6, 6.07) is 5.14. The Morgan fingerprint density at radius 2 is 2.00 bits per heavy atom. The van der Waals surface area contributed by atoms with E-state index in [0.29, 0.717) is 17.2 Å². The molecule has 0 saturated heterocycles. The summed E-state index contributed by atoms with van der Waals surface area (Å²) >= 11 is 0. The van der Waals surface area contributed by atoms with Gasteiger partial charge in [0.2, 0.25) is 0 Å². The largest absolute Gasteiger partial charge is 0.426 e. The minimum absolute atomic E-state index is 0.139. The molecular weight excluding hydrogens is 242 g/mol. The van der Waals surface area contributed by atoms with Gasteiger partial charge in [0, 0.05) is 19.5 Å². The monoisotopic (exact) mass is 263 g/mol. The lowest BCUT2D eigenvalue weighted by Gasteiger charge is -2.12. The topological polar surface area (TPSA) is 55.4 Å². The third kappa shape index (κ3) is 4.73. The van der Waals surface area contributed by atoms with Crippen molar-refractivity contribution in [3.8, 4) is 5.75 Å². The van der Waals surface area contributed by atoms with Crippen LogP contribution in [0.3, 0.4) is 0 Å². The molecule has 4 nitrogen and oxygen atoms in total. The molecule has 1 aromatic carbocycles. The van der Waals surface area contributed by atoms with E-state index in [-0.39, 0.29) is 11.9 Å². The van der Waals surface area contributed by atoms with E-state index < -0.39 is 0 Å². The number of benzene rings is 1. The van der Waals surface area contributed by atoms with Crippen molar-refractivity contribution in [2.75, 3.05) is 7.05 Å². The number of carbonyl (C=O) groups excluding carboxylic acids is 2. The fourth-order valence-corrected chi connectivity index (χ4v) is 1.76. The Balaban J connectivity index is 3.02. The molecule has 4 heteroatoms. The second-order valence-corrected chi connectivity index (χ2v) is 4.93. The molecule has 0 unspecified atom stereocenters. The summed E-state index contributed by atoms with van der Waals surface area (Å²) in [6.07, 6.45) is 1.76. The molecule has 0 radical (unpaired) electrons. The van der Waals surface area contributed by atoms with Crippen molar-refractivity contribution in [2.45, 2.75) is 33.6 Å². The zero-order chi connectivity index (χ0) is 14.4. The zero-order valence-corrected chi connectivity index (χ0v) is 11.9. The average molecular weight is 263 g/mol. The molecule has 0 bridgehead atoms. The third-order valence-corrected chi connectivity index (χ3v) is 2.79. The van der Waals surface area contributed by atoms with Crippen molar-refractivity contribution in [1.82, 2.24) is 5.32 Å². The Labute approximate surface area is 114 Å². The Kier molecular flexibility index (Phi) is 5.55. The van der Waals surface area contributed by atoms with Crippen LogP contribution in [0.1, 0.15) is 43.1 Å². The second-order valence-electron chi connectivity index (χ2n) is 4.93. The van der Waals surface area contributed by atoms with Gasteiger partial charge < -0.3 is 10.1 Å². The van der Waals surface area contributed by atoms with Gasteiger partial charge in [-0.15, -0.1) is 0 Å². The number of hydrogen-bond acceptors (Lipinski definition) is 3. The highest BCUT2D eigenvalue weighted by Gasteiger charge is 2.11. The molecule has 104 valence electrons. The summed E-state index contributed by atoms with van der Waals surface area (Å²) in [5, 5.41) is 2.59. The molecule has 1 amide bonds. The van der Waals surface area contributed by atoms with E-state index in [2.05, 4.69) is 19.2 Å². The highest BCUT2D eigenvalue weighted by Crippen LogP contribution is 2.23. The molecule has 0 aliphatic carbocycles. The first-order valence-corrected chi connectivity index (χ1v) is 6.47. The van der Waals surface area contributed by atoms with Gasteiger partial charge in [-0.25, -0.2) is 0 Å². The summed E-state index contributed by atoms with van der Waals surface area (Å²) in [7, 11) is 1.59. The van der Waals surface area contributed by atoms with Crippen molar-refractivity contribution >= 4 is 11.9 Å². The van der Waals surface area contributed by atoms with Gasteiger partial charge in [-0.1, -0.05) is 13.8 Å². The van der Waals surface area contributed by atoms with Crippen molar-refractivity contribution in [3.63, 3.8) is 0 Å². The van der Waals surface area contributed by atoms with Crippen LogP contribution < -0.4 is 10.1 Å². The Morgan fingerprint density at radius 1 is 1.32 bits per heavy atom. The lowest BCUT2D eigenvalue weighted by Crippen LogP contribution is -2.18. The van der Waals surface area contributed by atoms with Crippen LogP contribution in [0.2, 0.25) is 0 Å². The van der Waals surface area contributed by atoms with Crippen LogP contribution in [-0.2, 0) is 11.2 Å². The predicted molar refractivity (Wildman–Crippen MR) is 74.3 cm³/mol. The van der Waals surface area contributed by atoms with Gasteiger partial charge >= 0.3 is 5.97 Å². The smallest absolute Gasteiger partial charge is 0.308 e. The first-order chi connectivity index (χ1) is 8.93. The molecule has 1 aromatic rings. The van der Waals surface area contributed by atoms with Crippen LogP contribution in [0.15, 0.2) is 18.2 Å². The van der Waals surface area contributed by atoms with Crippen molar-refractivity contribution < 1.29 is 14.3 Å². The predicted octanol–water partition coefficient (Wildman–Crippen LogP) is 2.56. The van der Waals surface area contributed by atoms with Crippen LogP contribution in [0, 0.1) is 5.92 Å². The van der Waals surface area contributed by atoms with Gasteiger partial charge in [0.1, 0.15) is 5.75 Å². The average Bonchev–Trinajstić information content (AvgIpc) is 2.35. The fourth-order valence-electron chi connectivity index (χ4n) is 1.76. The summed E-state index contributed by atoms with van der Waals surface area (Å²) in [4.78, 5) is 22.7. The maximum absolute atomic E-state index is 11.6. The molecule has 0 heterocycles. The van der Waals surface area contributed by atoms with Gasteiger partial charge in [0.15, 0.2) is 0 Å². The number of hydrogen-bond donors (Lipinski definition) is 1. The number of carbonyl (C=O) groups is 2. The lowest BCUT2D eigenvalue weighted by molar-refractivity contribution is -0.131. The van der Waals surface area contributed by atoms with Gasteiger partial charge in [0.25, 0.3) is 5.91 Å². The zero-order valence-electron chi connectivity index (χ0n) is 11.9. The van der Waals surface area contributed by atoms with Crippen LogP contribution in [0.25, 0.3) is 0 Å². The van der Waals surface area contributed by atoms with Crippen LogP contribution in [0.5, 0.6) is 5.75 Å². The molecule has 0 saturated carbocycles. The summed E-state index contributed by atoms with van der Waals surface area (Å²) in [6.45, 7) is 5.64. The van der Waals surface area contributed by atoms with Crippen LogP contribution in [-0.4, -0.2) is 18.9 Å². The number of ether oxygens (including phenoxy) is 1. The molecular formula is C15H21NO3. The van der Waals surface area contributed by atoms with E-state index in [1.807, 2.05) is 0 Å². The normalized spacial score (nSPS) is 10.4. The van der Waals surface area contributed by atoms with E-state index in [4.69, 9.17) is 4.74 Å². The minimum Gasteiger partial charge on any atom is -0.426 e. The minimum atomic E-state index is -0.349. The van der Waals surface area contributed by atoms with E-state index in [0.717, 1.165) is 18.4 Å². The van der Waals surface area contributed by atoms with Crippen LogP contribution in [0.4, 0.5) is 0 Å². The Morgan fingerprint density at radius 3 is 2.53 bits per heavy atom. The van der Waals surface area contributed by atoms with E-state index in [1.165, 1.54) is 6.92 Å². The Bertz CT molecular complexity index is 466. The molecule has 1 rings (SSSR count). The lowest BCUT2D eigenvalue weighted by atomic mass is 10.00. The van der Waals surface area contributed by atoms with Gasteiger partial charge in [-0.05, 0) is 42.5 Å². The number of rotatable bonds is 5. The van der Waals surface area contributed by atoms with Crippen molar-refractivity contribution in [1.29, 1.82) is 0 Å². The maximum Gasteiger partial charge on any atom is 0.308 e. The number of amides is 1. The molecule has 0 spiro atoms. The van der Waals surface area contributed by atoms with E-state index in [1.54, 1.807) is 25.2 Å². The summed E-state index contributed by atoms with van der Waals surface area (Å²) < 4.78 is 5.18. The van der Waals surface area contributed by atoms with Crippen molar-refractivity contribution in [3.05, 3.63) is 29.3 Å². The van der Waals surface area contributed by atoms with Crippen LogP contribution >= 0.6 is 0 Å². The molecule has 0 aliphatic heterocycles. The van der Waals surface area contributed by atoms with Gasteiger partial charge in [-0.3, -0.25) is 9.59 Å². The quantitative estimate of drug-likeness (QED) is 0.656. The first kappa shape index (κ1) is 15.2. The summed E-state index contributed by atoms with van der Waals surface area (Å²) in [5.41, 5.74) is 1.47. The molecule has 19 heavy (non-hydrogen) atoms. The summed E-state index contributed by atoms with van der Waals surface area (Å²) in [5.74, 6) is 0.605. The molecule has 1 N–H and O–H groups in total. The van der Waals surface area contributed by atoms with E-state index >= 15 is 0 Å². The number of aryl methyl sites for hydroxylation is 1. The standard InChI is InChI=1S/C15H21NO3/c1-10(2)5-6-12-9-13(15(18)16-4)7-8-14(12)19-11(3)17/h7-10H,5-6H2,1-4H3,(H,16,18). The maximum atomic E-state index is 11.6. The molecule has 0 aromatic heterocycles. The number of esters is 1. The fraction of sp³-hybridized carbons (Fsp3) is 0.467. The molecule has 0 aliphatic rings. The highest BCUT2D eigenvalue weighted by atomic mass is 16.5. The first-order valence-electron chi connectivity index (χ1n) is 6.47. The van der Waals surface area contributed by atoms with Crippen molar-refractivity contribution in [2.24, 2.45) is 5.92 Å². The highest BCUT2D eigenvalue weighted by molar-refractivity contribution is 5.94. The second kappa shape index (κ2) is 6.92. The molecule has 0 fully saturated rings. The van der Waals surface area contributed by atoms with Gasteiger partial charge in [-0.2, -0.15) is 0 Å². The SMILES string of the molecule is CNC(=O)c1ccc(OC(C)=O)c(CCC(C)C)c1. The third-order valence-electron chi connectivity index (χ3n) is 2.79. The number of nitrogens with one attached hydrogen (secondary N) is 1. The van der Waals surface area contributed by atoms with Gasteiger partial charge in [0.05, 0.1) is 0 Å². The van der Waals surface area contributed by atoms with E-state index in [9.17, 15) is 9.59 Å². The Hall–Kier alpha value is -1.84.